The molecular formula is C38H40N2O5. The first kappa shape index (κ1) is 31.5. The number of esters is 1. The van der Waals surface area contributed by atoms with Gasteiger partial charge in [0.25, 0.3) is 0 Å². The molecular weight excluding hydrogens is 564 g/mol. The summed E-state index contributed by atoms with van der Waals surface area (Å²) in [5.41, 5.74) is 4.83. The van der Waals surface area contributed by atoms with Gasteiger partial charge >= 0.3 is 5.97 Å². The summed E-state index contributed by atoms with van der Waals surface area (Å²) in [5.74, 6) is 0.380. The Bertz CT molecular complexity index is 1600. The van der Waals surface area contributed by atoms with Crippen LogP contribution in [0, 0.1) is 0 Å². The summed E-state index contributed by atoms with van der Waals surface area (Å²) >= 11 is 0. The average Bonchev–Trinajstić information content (AvgIpc) is 3.93. The van der Waals surface area contributed by atoms with Gasteiger partial charge in [0.2, 0.25) is 5.91 Å². The number of nitrogens with zero attached hydrogens (tertiary/aromatic N) is 1. The van der Waals surface area contributed by atoms with Crippen molar-refractivity contribution in [3.8, 4) is 5.75 Å². The van der Waals surface area contributed by atoms with E-state index in [1.807, 2.05) is 84.7 Å². The number of amides is 1. The third-order valence-corrected chi connectivity index (χ3v) is 8.19. The lowest BCUT2D eigenvalue weighted by Gasteiger charge is -2.20. The highest BCUT2D eigenvalue weighted by Crippen LogP contribution is 2.26. The molecule has 1 fully saturated rings. The van der Waals surface area contributed by atoms with E-state index >= 15 is 0 Å². The third kappa shape index (κ3) is 8.60. The Kier molecular flexibility index (Phi) is 10.6. The van der Waals surface area contributed by atoms with Crippen LogP contribution >= 0.6 is 0 Å². The number of hydrogen-bond donors (Lipinski definition) is 1. The summed E-state index contributed by atoms with van der Waals surface area (Å²) in [4.78, 5) is 40.5. The molecule has 4 aromatic carbocycles. The molecule has 1 aliphatic rings. The molecule has 7 heteroatoms. The van der Waals surface area contributed by atoms with Gasteiger partial charge in [-0.2, -0.15) is 0 Å². The van der Waals surface area contributed by atoms with Crippen LogP contribution in [0.2, 0.25) is 0 Å². The maximum absolute atomic E-state index is 13.2. The topological polar surface area (TPSA) is 84.9 Å². The van der Waals surface area contributed by atoms with Crippen molar-refractivity contribution < 1.29 is 23.9 Å². The molecule has 232 valence electrons. The molecule has 1 aliphatic carbocycles. The second kappa shape index (κ2) is 15.2. The lowest BCUT2D eigenvalue weighted by molar-refractivity contribution is -0.141. The van der Waals surface area contributed by atoms with Crippen LogP contribution in [-0.4, -0.2) is 55.4 Å². The minimum atomic E-state index is -0.692. The van der Waals surface area contributed by atoms with Gasteiger partial charge < -0.3 is 19.7 Å². The van der Waals surface area contributed by atoms with Crippen LogP contribution in [0.25, 0.3) is 0 Å². The molecule has 0 heterocycles. The molecule has 0 spiro atoms. The Balaban J connectivity index is 1.15. The van der Waals surface area contributed by atoms with Crippen molar-refractivity contribution >= 4 is 23.3 Å². The number of carbonyl (C=O) groups is 3. The van der Waals surface area contributed by atoms with Crippen LogP contribution in [0.5, 0.6) is 5.75 Å². The fourth-order valence-electron chi connectivity index (χ4n) is 5.41. The van der Waals surface area contributed by atoms with E-state index in [9.17, 15) is 14.4 Å². The average molecular weight is 605 g/mol. The van der Waals surface area contributed by atoms with E-state index in [-0.39, 0.29) is 11.7 Å². The lowest BCUT2D eigenvalue weighted by Crippen LogP contribution is -2.33. The normalized spacial score (nSPS) is 13.0. The number of nitrogens with one attached hydrogen (secondary N) is 1. The van der Waals surface area contributed by atoms with Crippen molar-refractivity contribution in [3.63, 3.8) is 0 Å². The first-order valence-corrected chi connectivity index (χ1v) is 15.5. The van der Waals surface area contributed by atoms with Crippen LogP contribution in [-0.2, 0) is 33.6 Å². The van der Waals surface area contributed by atoms with Crippen LogP contribution in [0.1, 0.15) is 51.9 Å². The molecule has 0 radical (unpaired) electrons. The van der Waals surface area contributed by atoms with E-state index in [2.05, 4.69) is 11.4 Å². The van der Waals surface area contributed by atoms with Gasteiger partial charge in [0.1, 0.15) is 11.8 Å². The number of hydrogen-bond acceptors (Lipinski definition) is 6. The highest BCUT2D eigenvalue weighted by atomic mass is 16.5. The van der Waals surface area contributed by atoms with Gasteiger partial charge in [-0.25, -0.2) is 4.79 Å². The Morgan fingerprint density at radius 3 is 2.22 bits per heavy atom. The van der Waals surface area contributed by atoms with E-state index < -0.39 is 12.0 Å². The largest absolute Gasteiger partial charge is 0.494 e. The minimum absolute atomic E-state index is 0.123. The zero-order chi connectivity index (χ0) is 31.6. The number of aryl methyl sites for hydroxylation is 1. The quantitative estimate of drug-likeness (QED) is 0.0976. The second-order valence-corrected chi connectivity index (χ2v) is 11.4. The monoisotopic (exact) mass is 604 g/mol. The number of ether oxygens (including phenoxy) is 2. The van der Waals surface area contributed by atoms with Gasteiger partial charge in [-0.3, -0.25) is 9.59 Å². The number of rotatable bonds is 15. The number of likely N-dealkylation sites (N-methyl/N-ethyl adjacent to an activating group) is 1. The van der Waals surface area contributed by atoms with Crippen molar-refractivity contribution in [2.45, 2.75) is 50.6 Å². The fraction of sp³-hybridized carbons (Fsp3) is 0.289. The standard InChI is InChI=1S/C38H40N2O5/c1-40(31-20-21-31)36(41)26-30-14-7-6-11-28(30)15-10-24-45-32-22-18-27(19-23-32)25-35(38(43)44-2)39-34-17-9-8-16-33(34)37(42)29-12-4-3-5-13-29/h3-9,11-14,16-19,22-23,31,35,39H,10,15,20-21,24-26H2,1-2H3/t35-/m0/s1. The summed E-state index contributed by atoms with van der Waals surface area (Å²) in [7, 11) is 3.26. The van der Waals surface area contributed by atoms with E-state index in [4.69, 9.17) is 9.47 Å². The summed E-state index contributed by atoms with van der Waals surface area (Å²) in [6.45, 7) is 0.544. The van der Waals surface area contributed by atoms with E-state index in [0.29, 0.717) is 42.3 Å². The zero-order valence-electron chi connectivity index (χ0n) is 25.9. The zero-order valence-corrected chi connectivity index (χ0v) is 25.9. The van der Waals surface area contributed by atoms with Gasteiger partial charge in [0, 0.05) is 36.3 Å². The minimum Gasteiger partial charge on any atom is -0.494 e. The molecule has 0 aliphatic heterocycles. The first-order chi connectivity index (χ1) is 21.9. The summed E-state index contributed by atoms with van der Waals surface area (Å²) in [6, 6.07) is 31.8. The van der Waals surface area contributed by atoms with Crippen molar-refractivity contribution in [1.82, 2.24) is 4.90 Å². The molecule has 1 atom stereocenters. The number of methoxy groups -OCH3 is 1. The number of para-hydroxylation sites is 1. The highest BCUT2D eigenvalue weighted by Gasteiger charge is 2.29. The van der Waals surface area contributed by atoms with Crippen LogP contribution in [0.15, 0.2) is 103 Å². The smallest absolute Gasteiger partial charge is 0.328 e. The summed E-state index contributed by atoms with van der Waals surface area (Å²) in [6.07, 6.45) is 4.66. The fourth-order valence-corrected chi connectivity index (χ4v) is 5.41. The number of ketones is 1. The molecule has 0 aromatic heterocycles. The second-order valence-electron chi connectivity index (χ2n) is 11.4. The SMILES string of the molecule is COC(=O)[C@H](Cc1ccc(OCCCc2ccccc2CC(=O)N(C)C2CC2)cc1)Nc1ccccc1C(=O)c1ccccc1. The molecule has 0 bridgehead atoms. The molecule has 7 nitrogen and oxygen atoms in total. The Morgan fingerprint density at radius 2 is 1.51 bits per heavy atom. The van der Waals surface area contributed by atoms with E-state index in [0.717, 1.165) is 42.6 Å². The molecule has 1 saturated carbocycles. The number of benzene rings is 4. The predicted octanol–water partition coefficient (Wildman–Crippen LogP) is 6.29. The summed E-state index contributed by atoms with van der Waals surface area (Å²) in [5, 5.41) is 3.25. The van der Waals surface area contributed by atoms with Gasteiger partial charge in [0.05, 0.1) is 20.1 Å². The van der Waals surface area contributed by atoms with Gasteiger partial charge in [0.15, 0.2) is 5.78 Å². The molecule has 1 amide bonds. The van der Waals surface area contributed by atoms with Gasteiger partial charge in [-0.15, -0.1) is 0 Å². The van der Waals surface area contributed by atoms with Crippen LogP contribution < -0.4 is 10.1 Å². The van der Waals surface area contributed by atoms with E-state index in [1.54, 1.807) is 24.3 Å². The first-order valence-electron chi connectivity index (χ1n) is 15.5. The van der Waals surface area contributed by atoms with Gasteiger partial charge in [-0.1, -0.05) is 78.9 Å². The summed E-state index contributed by atoms with van der Waals surface area (Å²) < 4.78 is 11.1. The van der Waals surface area contributed by atoms with Crippen LogP contribution in [0.4, 0.5) is 5.69 Å². The van der Waals surface area contributed by atoms with E-state index in [1.165, 1.54) is 12.7 Å². The number of anilines is 1. The van der Waals surface area contributed by atoms with Crippen LogP contribution in [0.3, 0.4) is 0 Å². The number of carbonyl (C=O) groups excluding carboxylic acids is 3. The maximum atomic E-state index is 13.2. The Labute approximate surface area is 265 Å². The molecule has 0 saturated heterocycles. The van der Waals surface area contributed by atoms with Gasteiger partial charge in [-0.05, 0) is 66.6 Å². The predicted molar refractivity (Wildman–Crippen MR) is 176 cm³/mol. The van der Waals surface area contributed by atoms with Crippen molar-refractivity contribution in [2.24, 2.45) is 0 Å². The maximum Gasteiger partial charge on any atom is 0.328 e. The third-order valence-electron chi connectivity index (χ3n) is 8.19. The van der Waals surface area contributed by atoms with Crippen molar-refractivity contribution in [2.75, 3.05) is 26.1 Å². The highest BCUT2D eigenvalue weighted by molar-refractivity contribution is 6.12. The molecule has 45 heavy (non-hydrogen) atoms. The Morgan fingerprint density at radius 1 is 0.844 bits per heavy atom. The lowest BCUT2D eigenvalue weighted by atomic mass is 10.00. The molecule has 5 rings (SSSR count). The molecule has 1 N–H and O–H groups in total. The van der Waals surface area contributed by atoms with Crippen molar-refractivity contribution in [3.05, 3.63) is 131 Å². The molecule has 4 aromatic rings. The van der Waals surface area contributed by atoms with Crippen molar-refractivity contribution in [1.29, 1.82) is 0 Å². The Hall–Kier alpha value is -4.91. The molecule has 0 unspecified atom stereocenters.